The lowest BCUT2D eigenvalue weighted by molar-refractivity contribution is -0.143. The largest absolute Gasteiger partial charge is 0.497 e. The summed E-state index contributed by atoms with van der Waals surface area (Å²) in [6, 6.07) is 4.71. The summed E-state index contributed by atoms with van der Waals surface area (Å²) in [4.78, 5) is 60.3. The van der Waals surface area contributed by atoms with E-state index >= 15 is 0 Å². The number of amides is 4. The third-order valence-electron chi connectivity index (χ3n) is 9.09. The molecule has 2 heterocycles. The SMILES string of the molecule is C=C[C@@H]1C[C@]1(NC(=O)[C@@H]1C[C@@H](Oc2nccc3cc(OC)ccc23)CN1C(=O)C(NC(=O)OC(C)(C)C)[C@H](C)OC)C(=O)NS(=O)(=O)C1CC1. The van der Waals surface area contributed by atoms with Crippen LogP contribution in [0.3, 0.4) is 0 Å². The topological polar surface area (TPSA) is 192 Å². The summed E-state index contributed by atoms with van der Waals surface area (Å²) in [5.41, 5.74) is -2.43. The van der Waals surface area contributed by atoms with Gasteiger partial charge in [-0.05, 0) is 76.6 Å². The summed E-state index contributed by atoms with van der Waals surface area (Å²) in [5, 5.41) is 6.15. The van der Waals surface area contributed by atoms with E-state index in [-0.39, 0.29) is 25.3 Å². The Balaban J connectivity index is 1.44. The minimum atomic E-state index is -3.90. The predicted molar refractivity (Wildman–Crippen MR) is 182 cm³/mol. The fourth-order valence-corrected chi connectivity index (χ4v) is 7.39. The highest BCUT2D eigenvalue weighted by molar-refractivity contribution is 7.91. The lowest BCUT2D eigenvalue weighted by Crippen LogP contribution is -2.60. The van der Waals surface area contributed by atoms with E-state index in [0.29, 0.717) is 24.0 Å². The van der Waals surface area contributed by atoms with Crippen molar-refractivity contribution in [3.8, 4) is 11.6 Å². The molecule has 3 N–H and O–H groups in total. The van der Waals surface area contributed by atoms with Gasteiger partial charge in [-0.2, -0.15) is 0 Å². The van der Waals surface area contributed by atoms with Gasteiger partial charge in [0.2, 0.25) is 27.7 Å². The van der Waals surface area contributed by atoms with Crippen molar-refractivity contribution in [2.75, 3.05) is 20.8 Å². The Hall–Kier alpha value is -4.44. The number of rotatable bonds is 13. The van der Waals surface area contributed by atoms with Crippen LogP contribution in [0.2, 0.25) is 0 Å². The molecule has 4 amide bonds. The van der Waals surface area contributed by atoms with Crippen molar-refractivity contribution >= 4 is 44.6 Å². The average molecular weight is 716 g/mol. The zero-order valence-corrected chi connectivity index (χ0v) is 29.9. The second-order valence-corrected chi connectivity index (χ2v) is 15.9. The molecule has 5 rings (SSSR count). The molecule has 1 aromatic heterocycles. The van der Waals surface area contributed by atoms with E-state index in [2.05, 4.69) is 26.9 Å². The zero-order valence-electron chi connectivity index (χ0n) is 29.1. The first-order chi connectivity index (χ1) is 23.5. The number of aromatic nitrogens is 1. The number of alkyl carbamates (subject to hydrolysis) is 1. The first-order valence-corrected chi connectivity index (χ1v) is 18.0. The van der Waals surface area contributed by atoms with Crippen molar-refractivity contribution in [2.24, 2.45) is 5.92 Å². The van der Waals surface area contributed by atoms with Crippen molar-refractivity contribution in [3.63, 3.8) is 0 Å². The molecule has 16 heteroatoms. The lowest BCUT2D eigenvalue weighted by atomic mass is 10.1. The molecule has 0 bridgehead atoms. The first-order valence-electron chi connectivity index (χ1n) is 16.4. The minimum absolute atomic E-state index is 0.0108. The summed E-state index contributed by atoms with van der Waals surface area (Å²) in [6.07, 6.45) is 1.62. The van der Waals surface area contributed by atoms with Crippen LogP contribution in [0.15, 0.2) is 43.1 Å². The Bertz CT molecular complexity index is 1770. The quantitative estimate of drug-likeness (QED) is 0.258. The maximum atomic E-state index is 14.3. The molecule has 1 aliphatic heterocycles. The van der Waals surface area contributed by atoms with Crippen LogP contribution in [0, 0.1) is 5.92 Å². The molecule has 1 saturated heterocycles. The number of pyridine rings is 1. The normalized spacial score (nSPS) is 24.4. The van der Waals surface area contributed by atoms with Gasteiger partial charge in [-0.15, -0.1) is 6.58 Å². The molecule has 2 aromatic rings. The van der Waals surface area contributed by atoms with Crippen LogP contribution in [-0.2, 0) is 33.9 Å². The number of fused-ring (bicyclic) bond motifs is 1. The standard InChI is InChI=1S/C34H45N5O10S/c1-8-21-17-34(21,31(42)38-50(44,45)24-10-11-24)37-28(40)26-16-23(48-29-25-12-9-22(47-7)15-20(25)13-14-35-29)18-39(26)30(41)27(19(2)46-6)36-32(43)49-33(3,4)5/h8-9,12-15,19,21,23-24,26-27H,1,10-11,16-18H2,2-7H3,(H,36,43)(H,37,40)(H,38,42)/t19-,21+,23+,26-,27?,34+/m0/s1. The highest BCUT2D eigenvalue weighted by Gasteiger charge is 2.62. The Morgan fingerprint density at radius 2 is 1.86 bits per heavy atom. The smallest absolute Gasteiger partial charge is 0.408 e. The number of carbonyl (C=O) groups excluding carboxylic acids is 4. The third kappa shape index (κ3) is 7.96. The summed E-state index contributed by atoms with van der Waals surface area (Å²) < 4.78 is 49.9. The Kier molecular flexibility index (Phi) is 10.4. The van der Waals surface area contributed by atoms with Gasteiger partial charge < -0.3 is 34.5 Å². The van der Waals surface area contributed by atoms with Crippen molar-refractivity contribution in [2.45, 2.75) is 94.1 Å². The van der Waals surface area contributed by atoms with Crippen molar-refractivity contribution in [1.82, 2.24) is 25.2 Å². The zero-order chi connectivity index (χ0) is 36.6. The monoisotopic (exact) mass is 715 g/mol. The third-order valence-corrected chi connectivity index (χ3v) is 10.9. The molecule has 2 aliphatic carbocycles. The summed E-state index contributed by atoms with van der Waals surface area (Å²) >= 11 is 0. The van der Waals surface area contributed by atoms with Crippen molar-refractivity contribution < 1.29 is 46.5 Å². The van der Waals surface area contributed by atoms with E-state index in [1.54, 1.807) is 59.2 Å². The lowest BCUT2D eigenvalue weighted by Gasteiger charge is -2.32. The van der Waals surface area contributed by atoms with Gasteiger partial charge in [0.1, 0.15) is 35.1 Å². The number of sulfonamides is 1. The summed E-state index contributed by atoms with van der Waals surface area (Å²) in [7, 11) is -0.968. The molecule has 0 radical (unpaired) electrons. The maximum absolute atomic E-state index is 14.3. The second kappa shape index (κ2) is 14.1. The molecular formula is C34H45N5O10S. The Labute approximate surface area is 291 Å². The number of nitrogens with zero attached hydrogens (tertiary/aromatic N) is 2. The van der Waals surface area contributed by atoms with E-state index in [0.717, 1.165) is 5.39 Å². The predicted octanol–water partition coefficient (Wildman–Crippen LogP) is 2.19. The Morgan fingerprint density at radius 1 is 1.14 bits per heavy atom. The van der Waals surface area contributed by atoms with E-state index in [1.807, 2.05) is 6.07 Å². The number of carbonyl (C=O) groups is 4. The number of ether oxygens (including phenoxy) is 4. The number of likely N-dealkylation sites (tertiary alicyclic amines) is 1. The molecule has 15 nitrogen and oxygen atoms in total. The van der Waals surface area contributed by atoms with Crippen LogP contribution in [0.4, 0.5) is 4.79 Å². The van der Waals surface area contributed by atoms with Crippen LogP contribution in [-0.4, -0.2) is 104 Å². The molecule has 6 atom stereocenters. The maximum Gasteiger partial charge on any atom is 0.408 e. The molecule has 2 saturated carbocycles. The Morgan fingerprint density at radius 3 is 2.46 bits per heavy atom. The molecule has 0 spiro atoms. The van der Waals surface area contributed by atoms with Crippen LogP contribution in [0.1, 0.15) is 53.4 Å². The van der Waals surface area contributed by atoms with Gasteiger partial charge in [0, 0.05) is 31.0 Å². The molecule has 3 aliphatic rings. The number of benzene rings is 1. The number of nitrogens with one attached hydrogen (secondary N) is 3. The van der Waals surface area contributed by atoms with Crippen molar-refractivity contribution in [3.05, 3.63) is 43.1 Å². The van der Waals surface area contributed by atoms with Crippen LogP contribution in [0.5, 0.6) is 11.6 Å². The first kappa shape index (κ1) is 36.8. The summed E-state index contributed by atoms with van der Waals surface area (Å²) in [5.74, 6) is -1.85. The number of hydrogen-bond donors (Lipinski definition) is 3. The van der Waals surface area contributed by atoms with Gasteiger partial charge in [-0.1, -0.05) is 6.08 Å². The number of methoxy groups -OCH3 is 2. The van der Waals surface area contributed by atoms with E-state index < -0.39 is 80.4 Å². The molecule has 1 aromatic carbocycles. The fourth-order valence-electron chi connectivity index (χ4n) is 6.03. The average Bonchev–Trinajstić information content (AvgIpc) is 3.98. The van der Waals surface area contributed by atoms with Crippen molar-refractivity contribution in [1.29, 1.82) is 0 Å². The second-order valence-electron chi connectivity index (χ2n) is 13.9. The molecular weight excluding hydrogens is 670 g/mol. The number of hydrogen-bond acceptors (Lipinski definition) is 11. The van der Waals surface area contributed by atoms with E-state index in [1.165, 1.54) is 18.1 Å². The molecule has 272 valence electrons. The molecule has 50 heavy (non-hydrogen) atoms. The van der Waals surface area contributed by atoms with Crippen LogP contribution >= 0.6 is 0 Å². The highest BCUT2D eigenvalue weighted by atomic mass is 32.2. The van der Waals surface area contributed by atoms with Gasteiger partial charge >= 0.3 is 6.09 Å². The van der Waals surface area contributed by atoms with Gasteiger partial charge in [-0.3, -0.25) is 19.1 Å². The van der Waals surface area contributed by atoms with Gasteiger partial charge in [0.15, 0.2) is 0 Å². The van der Waals surface area contributed by atoms with Crippen LogP contribution < -0.4 is 24.8 Å². The highest BCUT2D eigenvalue weighted by Crippen LogP contribution is 2.45. The van der Waals surface area contributed by atoms with Gasteiger partial charge in [0.25, 0.3) is 5.91 Å². The molecule has 1 unspecified atom stereocenters. The van der Waals surface area contributed by atoms with Gasteiger partial charge in [0.05, 0.1) is 25.0 Å². The fraction of sp³-hybridized carbons (Fsp3) is 0.559. The summed E-state index contributed by atoms with van der Waals surface area (Å²) in [6.45, 7) is 10.3. The van der Waals surface area contributed by atoms with Gasteiger partial charge in [-0.25, -0.2) is 18.2 Å². The van der Waals surface area contributed by atoms with E-state index in [4.69, 9.17) is 18.9 Å². The molecule has 3 fully saturated rings. The minimum Gasteiger partial charge on any atom is -0.497 e. The van der Waals surface area contributed by atoms with Crippen LogP contribution in [0.25, 0.3) is 10.8 Å². The van der Waals surface area contributed by atoms with E-state index in [9.17, 15) is 27.6 Å².